The fraction of sp³-hybridized carbons (Fsp3) is 0.889. The van der Waals surface area contributed by atoms with Crippen molar-refractivity contribution in [3.63, 3.8) is 0 Å². The number of rotatable bonds is 5. The quantitative estimate of drug-likeness (QED) is 0.686. The molecule has 0 amide bonds. The number of carboxylic acids is 1. The maximum absolute atomic E-state index is 10.8. The van der Waals surface area contributed by atoms with E-state index in [-0.39, 0.29) is 5.41 Å². The van der Waals surface area contributed by atoms with E-state index in [0.29, 0.717) is 0 Å². The molecule has 0 aromatic carbocycles. The van der Waals surface area contributed by atoms with E-state index >= 15 is 0 Å². The number of ether oxygens (including phenoxy) is 1. The molecule has 1 aliphatic carbocycles. The van der Waals surface area contributed by atoms with Crippen LogP contribution in [0.1, 0.15) is 32.6 Å². The first-order valence-corrected chi connectivity index (χ1v) is 4.42. The second kappa shape index (κ2) is 3.44. The van der Waals surface area contributed by atoms with E-state index in [1.54, 1.807) is 0 Å². The first-order chi connectivity index (χ1) is 5.66. The van der Waals surface area contributed by atoms with Crippen molar-refractivity contribution in [2.75, 3.05) is 7.11 Å². The molecular formula is C9H16O3. The van der Waals surface area contributed by atoms with E-state index in [1.807, 2.05) is 0 Å². The molecule has 1 atom stereocenters. The van der Waals surface area contributed by atoms with Crippen molar-refractivity contribution in [2.45, 2.75) is 38.7 Å². The maximum atomic E-state index is 10.8. The summed E-state index contributed by atoms with van der Waals surface area (Å²) in [7, 11) is 1.48. The third-order valence-corrected chi connectivity index (χ3v) is 2.66. The Hall–Kier alpha value is -0.570. The fourth-order valence-electron chi connectivity index (χ4n) is 1.91. The van der Waals surface area contributed by atoms with Crippen molar-refractivity contribution in [3.05, 3.63) is 0 Å². The first-order valence-electron chi connectivity index (χ1n) is 4.42. The van der Waals surface area contributed by atoms with Gasteiger partial charge in [0.05, 0.1) is 0 Å². The highest BCUT2D eigenvalue weighted by Crippen LogP contribution is 2.53. The van der Waals surface area contributed by atoms with Crippen LogP contribution in [0.3, 0.4) is 0 Å². The molecule has 1 N–H and O–H groups in total. The minimum absolute atomic E-state index is 0.0324. The molecule has 0 heterocycles. The summed E-state index contributed by atoms with van der Waals surface area (Å²) in [6.07, 6.45) is 3.43. The summed E-state index contributed by atoms with van der Waals surface area (Å²) in [4.78, 5) is 10.8. The van der Waals surface area contributed by atoms with Gasteiger partial charge in [-0.1, -0.05) is 13.3 Å². The van der Waals surface area contributed by atoms with Crippen LogP contribution in [0.2, 0.25) is 0 Å². The van der Waals surface area contributed by atoms with Gasteiger partial charge in [-0.05, 0) is 19.3 Å². The lowest BCUT2D eigenvalue weighted by atomic mass is 9.93. The van der Waals surface area contributed by atoms with Crippen LogP contribution in [0.4, 0.5) is 0 Å². The number of methoxy groups -OCH3 is 1. The zero-order chi connectivity index (χ0) is 9.19. The Labute approximate surface area is 72.7 Å². The van der Waals surface area contributed by atoms with Crippen molar-refractivity contribution in [1.82, 2.24) is 0 Å². The normalized spacial score (nSPS) is 21.8. The number of hydrogen-bond donors (Lipinski definition) is 1. The number of aliphatic carboxylic acids is 1. The van der Waals surface area contributed by atoms with Crippen LogP contribution in [0.5, 0.6) is 0 Å². The summed E-state index contributed by atoms with van der Waals surface area (Å²) in [6, 6.07) is 0. The second-order valence-corrected chi connectivity index (χ2v) is 3.57. The largest absolute Gasteiger partial charge is 0.479 e. The van der Waals surface area contributed by atoms with Crippen LogP contribution in [-0.2, 0) is 9.53 Å². The molecule has 12 heavy (non-hydrogen) atoms. The van der Waals surface area contributed by atoms with Crippen LogP contribution in [0, 0.1) is 5.41 Å². The first kappa shape index (κ1) is 9.52. The van der Waals surface area contributed by atoms with Gasteiger partial charge in [0, 0.05) is 12.5 Å². The van der Waals surface area contributed by atoms with Gasteiger partial charge in [0.1, 0.15) is 0 Å². The van der Waals surface area contributed by atoms with E-state index in [1.165, 1.54) is 7.11 Å². The predicted octanol–water partition coefficient (Wildman–Crippen LogP) is 1.67. The number of carbonyl (C=O) groups is 1. The highest BCUT2D eigenvalue weighted by atomic mass is 16.5. The molecule has 1 fully saturated rings. The average Bonchev–Trinajstić information content (AvgIpc) is 2.71. The van der Waals surface area contributed by atoms with E-state index < -0.39 is 12.1 Å². The highest BCUT2D eigenvalue weighted by molar-refractivity contribution is 5.74. The zero-order valence-corrected chi connectivity index (χ0v) is 7.67. The van der Waals surface area contributed by atoms with Crippen LogP contribution < -0.4 is 0 Å². The van der Waals surface area contributed by atoms with Gasteiger partial charge in [0.2, 0.25) is 0 Å². The SMILES string of the molecule is CCCC1(C(OC)C(=O)O)CC1. The summed E-state index contributed by atoms with van der Waals surface area (Å²) in [5.74, 6) is -0.816. The smallest absolute Gasteiger partial charge is 0.333 e. The van der Waals surface area contributed by atoms with Crippen molar-refractivity contribution in [2.24, 2.45) is 5.41 Å². The Bertz CT molecular complexity index is 173. The molecule has 70 valence electrons. The summed E-state index contributed by atoms with van der Waals surface area (Å²) in [5.41, 5.74) is -0.0324. The third-order valence-electron chi connectivity index (χ3n) is 2.66. The molecule has 1 saturated carbocycles. The molecule has 3 heteroatoms. The molecule has 1 rings (SSSR count). The Morgan fingerprint density at radius 2 is 2.25 bits per heavy atom. The summed E-state index contributed by atoms with van der Waals surface area (Å²) >= 11 is 0. The standard InChI is InChI=1S/C9H16O3/c1-3-4-9(5-6-9)7(12-2)8(10)11/h7H,3-6H2,1-2H3,(H,10,11). The van der Waals surface area contributed by atoms with Crippen molar-refractivity contribution >= 4 is 5.97 Å². The average molecular weight is 172 g/mol. The molecule has 0 aromatic rings. The molecule has 0 radical (unpaired) electrons. The lowest BCUT2D eigenvalue weighted by Gasteiger charge is -2.20. The second-order valence-electron chi connectivity index (χ2n) is 3.57. The Kier molecular flexibility index (Phi) is 2.73. The lowest BCUT2D eigenvalue weighted by molar-refractivity contribution is -0.153. The molecule has 1 aliphatic rings. The van der Waals surface area contributed by atoms with Gasteiger partial charge in [0.15, 0.2) is 6.10 Å². The van der Waals surface area contributed by atoms with Gasteiger partial charge in [-0.25, -0.2) is 4.79 Å². The summed E-state index contributed by atoms with van der Waals surface area (Å²) in [6.45, 7) is 2.08. The van der Waals surface area contributed by atoms with Crippen molar-refractivity contribution in [1.29, 1.82) is 0 Å². The van der Waals surface area contributed by atoms with Crippen LogP contribution >= 0.6 is 0 Å². The molecule has 1 unspecified atom stereocenters. The zero-order valence-electron chi connectivity index (χ0n) is 7.67. The highest BCUT2D eigenvalue weighted by Gasteiger charge is 2.52. The van der Waals surface area contributed by atoms with Gasteiger partial charge in [-0.2, -0.15) is 0 Å². The number of hydrogen-bond acceptors (Lipinski definition) is 2. The summed E-state index contributed by atoms with van der Waals surface area (Å²) < 4.78 is 4.99. The summed E-state index contributed by atoms with van der Waals surface area (Å²) in [5, 5.41) is 8.85. The van der Waals surface area contributed by atoms with Gasteiger partial charge < -0.3 is 9.84 Å². The van der Waals surface area contributed by atoms with Gasteiger partial charge in [0.25, 0.3) is 0 Å². The minimum Gasteiger partial charge on any atom is -0.479 e. The number of carboxylic acid groups (broad SMARTS) is 1. The minimum atomic E-state index is -0.816. The third kappa shape index (κ3) is 1.61. The van der Waals surface area contributed by atoms with E-state index in [4.69, 9.17) is 9.84 Å². The molecular weight excluding hydrogens is 156 g/mol. The molecule has 0 bridgehead atoms. The predicted molar refractivity (Wildman–Crippen MR) is 45.0 cm³/mol. The van der Waals surface area contributed by atoms with Crippen molar-refractivity contribution in [3.8, 4) is 0 Å². The van der Waals surface area contributed by atoms with Gasteiger partial charge in [-0.15, -0.1) is 0 Å². The lowest BCUT2D eigenvalue weighted by Crippen LogP contribution is -2.32. The molecule has 3 nitrogen and oxygen atoms in total. The van der Waals surface area contributed by atoms with Crippen molar-refractivity contribution < 1.29 is 14.6 Å². The molecule has 0 spiro atoms. The Morgan fingerprint density at radius 1 is 1.67 bits per heavy atom. The molecule has 0 aromatic heterocycles. The van der Waals surface area contributed by atoms with Crippen LogP contribution in [0.25, 0.3) is 0 Å². The fourth-order valence-corrected chi connectivity index (χ4v) is 1.91. The molecule has 0 aliphatic heterocycles. The molecule has 0 saturated heterocycles. The maximum Gasteiger partial charge on any atom is 0.333 e. The van der Waals surface area contributed by atoms with Gasteiger partial charge in [-0.3, -0.25) is 0 Å². The monoisotopic (exact) mass is 172 g/mol. The van der Waals surface area contributed by atoms with Crippen LogP contribution in [0.15, 0.2) is 0 Å². The van der Waals surface area contributed by atoms with E-state index in [9.17, 15) is 4.79 Å². The topological polar surface area (TPSA) is 46.5 Å². The van der Waals surface area contributed by atoms with Crippen LogP contribution in [-0.4, -0.2) is 24.3 Å². The van der Waals surface area contributed by atoms with E-state index in [0.717, 1.165) is 25.7 Å². The Morgan fingerprint density at radius 3 is 2.50 bits per heavy atom. The Balaban J connectivity index is 2.58. The van der Waals surface area contributed by atoms with E-state index in [2.05, 4.69) is 6.92 Å². The van der Waals surface area contributed by atoms with Gasteiger partial charge >= 0.3 is 5.97 Å².